The van der Waals surface area contributed by atoms with E-state index >= 15 is 0 Å². The fraction of sp³-hybridized carbons (Fsp3) is 0.650. The quantitative estimate of drug-likeness (QED) is 0.864. The number of fused-ring (bicyclic) bond motifs is 1. The number of hydrogen-bond acceptors (Lipinski definition) is 4. The number of carbonyl (C=O) groups is 1. The van der Waals surface area contributed by atoms with Gasteiger partial charge in [-0.2, -0.15) is 0 Å². The summed E-state index contributed by atoms with van der Waals surface area (Å²) in [6.07, 6.45) is 3.67. The molecule has 1 N–H and O–H groups in total. The van der Waals surface area contributed by atoms with Crippen LogP contribution >= 0.6 is 12.4 Å². The maximum Gasteiger partial charge on any atom is 0.241 e. The summed E-state index contributed by atoms with van der Waals surface area (Å²) in [6, 6.07) is 8.31. The zero-order valence-corrected chi connectivity index (χ0v) is 16.3. The van der Waals surface area contributed by atoms with Crippen molar-refractivity contribution in [1.82, 2.24) is 15.1 Å². The fourth-order valence-electron chi connectivity index (χ4n) is 4.45. The van der Waals surface area contributed by atoms with Gasteiger partial charge in [-0.15, -0.1) is 12.4 Å². The molecule has 1 amide bonds. The normalized spacial score (nSPS) is 24.2. The summed E-state index contributed by atoms with van der Waals surface area (Å²) in [7, 11) is 0. The molecule has 1 aromatic rings. The highest BCUT2D eigenvalue weighted by Gasteiger charge is 2.27. The molecule has 3 aliphatic rings. The first-order valence-corrected chi connectivity index (χ1v) is 9.83. The number of amides is 1. The van der Waals surface area contributed by atoms with Gasteiger partial charge in [0.25, 0.3) is 0 Å². The molecule has 0 bridgehead atoms. The lowest BCUT2D eigenvalue weighted by Crippen LogP contribution is -2.51. The molecule has 144 valence electrons. The van der Waals surface area contributed by atoms with E-state index in [-0.39, 0.29) is 18.3 Å². The Bertz CT molecular complexity index is 597. The number of nitrogens with zero attached hydrogens (tertiary/aromatic N) is 3. The van der Waals surface area contributed by atoms with Gasteiger partial charge in [0.1, 0.15) is 0 Å². The van der Waals surface area contributed by atoms with Crippen LogP contribution in [-0.4, -0.2) is 74.6 Å². The van der Waals surface area contributed by atoms with Crippen LogP contribution in [-0.2, 0) is 11.2 Å². The maximum atomic E-state index is 12.7. The molecule has 0 aromatic heterocycles. The van der Waals surface area contributed by atoms with Crippen molar-refractivity contribution in [3.05, 3.63) is 29.8 Å². The van der Waals surface area contributed by atoms with Gasteiger partial charge in [-0.1, -0.05) is 18.2 Å². The molecule has 4 rings (SSSR count). The maximum absolute atomic E-state index is 12.7. The van der Waals surface area contributed by atoms with E-state index in [9.17, 15) is 4.79 Å². The molecular formula is C20H31ClN4O. The van der Waals surface area contributed by atoms with E-state index < -0.39 is 0 Å². The van der Waals surface area contributed by atoms with E-state index in [2.05, 4.69) is 33.3 Å². The topological polar surface area (TPSA) is 38.8 Å². The van der Waals surface area contributed by atoms with Crippen molar-refractivity contribution in [3.8, 4) is 0 Å². The average Bonchev–Trinajstić information content (AvgIpc) is 3.08. The first-order valence-electron chi connectivity index (χ1n) is 9.83. The Morgan fingerprint density at radius 2 is 1.85 bits per heavy atom. The number of piperidine rings is 1. The third kappa shape index (κ3) is 4.58. The van der Waals surface area contributed by atoms with Gasteiger partial charge in [-0.05, 0) is 49.9 Å². The molecule has 0 spiro atoms. The SMILES string of the molecule is Cl.O=C(CN1CCN(CC2CCCNC2)CC1)N1CCc2ccccc21. The second-order valence-electron chi connectivity index (χ2n) is 7.71. The number of para-hydroxylation sites is 1. The molecule has 2 fully saturated rings. The summed E-state index contributed by atoms with van der Waals surface area (Å²) in [6.45, 7) is 9.21. The molecule has 26 heavy (non-hydrogen) atoms. The van der Waals surface area contributed by atoms with E-state index in [0.29, 0.717) is 6.54 Å². The van der Waals surface area contributed by atoms with Gasteiger partial charge < -0.3 is 15.1 Å². The zero-order valence-electron chi connectivity index (χ0n) is 15.5. The number of carbonyl (C=O) groups excluding carboxylic acids is 1. The molecule has 1 unspecified atom stereocenters. The van der Waals surface area contributed by atoms with Crippen molar-refractivity contribution in [3.63, 3.8) is 0 Å². The molecule has 1 atom stereocenters. The molecule has 1 aromatic carbocycles. The minimum atomic E-state index is 0. The molecule has 5 nitrogen and oxygen atoms in total. The van der Waals surface area contributed by atoms with Crippen LogP contribution in [0.5, 0.6) is 0 Å². The first-order chi connectivity index (χ1) is 12.3. The highest BCUT2D eigenvalue weighted by molar-refractivity contribution is 5.96. The molecular weight excluding hydrogens is 348 g/mol. The van der Waals surface area contributed by atoms with E-state index in [1.807, 2.05) is 11.0 Å². The number of hydrogen-bond donors (Lipinski definition) is 1. The molecule has 0 saturated carbocycles. The lowest BCUT2D eigenvalue weighted by Gasteiger charge is -2.37. The van der Waals surface area contributed by atoms with E-state index in [0.717, 1.165) is 50.7 Å². The van der Waals surface area contributed by atoms with Gasteiger partial charge >= 0.3 is 0 Å². The van der Waals surface area contributed by atoms with Gasteiger partial charge in [-0.25, -0.2) is 0 Å². The summed E-state index contributed by atoms with van der Waals surface area (Å²) in [5.41, 5.74) is 2.43. The third-order valence-electron chi connectivity index (χ3n) is 5.93. The van der Waals surface area contributed by atoms with E-state index in [1.54, 1.807) is 0 Å². The monoisotopic (exact) mass is 378 g/mol. The third-order valence-corrected chi connectivity index (χ3v) is 5.93. The Kier molecular flexibility index (Phi) is 6.92. The summed E-state index contributed by atoms with van der Waals surface area (Å²) in [4.78, 5) is 19.6. The molecule has 3 aliphatic heterocycles. The van der Waals surface area contributed by atoms with Crippen LogP contribution in [0, 0.1) is 5.92 Å². The highest BCUT2D eigenvalue weighted by atomic mass is 35.5. The van der Waals surface area contributed by atoms with Crippen LogP contribution in [0.4, 0.5) is 5.69 Å². The minimum absolute atomic E-state index is 0. The lowest BCUT2D eigenvalue weighted by atomic mass is 9.99. The van der Waals surface area contributed by atoms with Crippen molar-refractivity contribution >= 4 is 24.0 Å². The van der Waals surface area contributed by atoms with Gasteiger partial charge in [0.2, 0.25) is 5.91 Å². The molecule has 0 aliphatic carbocycles. The molecule has 0 radical (unpaired) electrons. The second kappa shape index (κ2) is 9.18. The number of nitrogens with one attached hydrogen (secondary N) is 1. The number of benzene rings is 1. The van der Waals surface area contributed by atoms with Crippen LogP contribution in [0.2, 0.25) is 0 Å². The Morgan fingerprint density at radius 1 is 1.08 bits per heavy atom. The number of rotatable bonds is 4. The van der Waals surface area contributed by atoms with Crippen molar-refractivity contribution in [2.24, 2.45) is 5.92 Å². The number of anilines is 1. The molecule has 2 saturated heterocycles. The number of piperazine rings is 1. The average molecular weight is 379 g/mol. The first kappa shape index (κ1) is 19.6. The van der Waals surface area contributed by atoms with Gasteiger partial charge in [0, 0.05) is 45.0 Å². The van der Waals surface area contributed by atoms with E-state index in [1.165, 1.54) is 38.0 Å². The predicted octanol–water partition coefficient (Wildman–Crippen LogP) is 1.61. The van der Waals surface area contributed by atoms with Crippen LogP contribution in [0.15, 0.2) is 24.3 Å². The number of halogens is 1. The summed E-state index contributed by atoms with van der Waals surface area (Å²) in [5, 5.41) is 3.51. The van der Waals surface area contributed by atoms with Gasteiger partial charge in [0.15, 0.2) is 0 Å². The van der Waals surface area contributed by atoms with Gasteiger partial charge in [-0.3, -0.25) is 9.69 Å². The lowest BCUT2D eigenvalue weighted by molar-refractivity contribution is -0.120. The Morgan fingerprint density at radius 3 is 2.62 bits per heavy atom. The van der Waals surface area contributed by atoms with Crippen LogP contribution < -0.4 is 10.2 Å². The Labute approximate surface area is 163 Å². The zero-order chi connectivity index (χ0) is 17.1. The predicted molar refractivity (Wildman–Crippen MR) is 108 cm³/mol. The highest BCUT2D eigenvalue weighted by Crippen LogP contribution is 2.27. The van der Waals surface area contributed by atoms with Crippen molar-refractivity contribution in [2.45, 2.75) is 19.3 Å². The standard InChI is InChI=1S/C20H30N4O.ClH/c25-20(24-9-7-18-5-1-2-6-19(18)24)16-23-12-10-22(11-13-23)15-17-4-3-8-21-14-17;/h1-2,5-6,17,21H,3-4,7-16H2;1H. The van der Waals surface area contributed by atoms with Crippen molar-refractivity contribution < 1.29 is 4.79 Å². The van der Waals surface area contributed by atoms with Crippen LogP contribution in [0.3, 0.4) is 0 Å². The smallest absolute Gasteiger partial charge is 0.241 e. The minimum Gasteiger partial charge on any atom is -0.316 e. The molecule has 6 heteroatoms. The van der Waals surface area contributed by atoms with Crippen molar-refractivity contribution in [1.29, 1.82) is 0 Å². The Hall–Kier alpha value is -1.14. The van der Waals surface area contributed by atoms with Gasteiger partial charge in [0.05, 0.1) is 6.54 Å². The van der Waals surface area contributed by atoms with E-state index in [4.69, 9.17) is 0 Å². The molecule has 3 heterocycles. The summed E-state index contributed by atoms with van der Waals surface area (Å²) < 4.78 is 0. The fourth-order valence-corrected chi connectivity index (χ4v) is 4.45. The Balaban J connectivity index is 0.00000196. The summed E-state index contributed by atoms with van der Waals surface area (Å²) in [5.74, 6) is 1.07. The second-order valence-corrected chi connectivity index (χ2v) is 7.71. The van der Waals surface area contributed by atoms with Crippen LogP contribution in [0.1, 0.15) is 18.4 Å². The largest absolute Gasteiger partial charge is 0.316 e. The van der Waals surface area contributed by atoms with Crippen LogP contribution in [0.25, 0.3) is 0 Å². The summed E-state index contributed by atoms with van der Waals surface area (Å²) >= 11 is 0. The van der Waals surface area contributed by atoms with Crippen molar-refractivity contribution in [2.75, 3.05) is 63.8 Å².